The number of methoxy groups -OCH3 is 2. The minimum Gasteiger partial charge on any atom is -0.507 e. The zero-order chi connectivity index (χ0) is 45.5. The number of aromatic carboxylic acids is 2. The van der Waals surface area contributed by atoms with Gasteiger partial charge in [-0.05, 0) is 174 Å². The summed E-state index contributed by atoms with van der Waals surface area (Å²) in [7, 11) is 3.33. The normalized spacial score (nSPS) is 19.3. The van der Waals surface area contributed by atoms with Crippen molar-refractivity contribution in [3.63, 3.8) is 0 Å². The van der Waals surface area contributed by atoms with Gasteiger partial charge in [0.05, 0.1) is 25.9 Å². The average Bonchev–Trinajstić information content (AvgIpc) is 3.30. The van der Waals surface area contributed by atoms with E-state index >= 15 is 0 Å². The first-order chi connectivity index (χ1) is 31.5. The second-order valence-corrected chi connectivity index (χ2v) is 17.6. The lowest BCUT2D eigenvalue weighted by atomic mass is 9.48. The summed E-state index contributed by atoms with van der Waals surface area (Å²) in [6.45, 7) is 3.29. The number of carboxylic acids is 2. The molecule has 6 aromatic carbocycles. The van der Waals surface area contributed by atoms with Crippen LogP contribution in [-0.2, 0) is 14.9 Å². The molecule has 4 aliphatic carbocycles. The molecule has 0 radical (unpaired) electrons. The summed E-state index contributed by atoms with van der Waals surface area (Å²) in [5.74, 6) is 7.89. The molecule has 0 unspecified atom stereocenters. The van der Waals surface area contributed by atoms with E-state index in [9.17, 15) is 19.8 Å². The molecule has 3 N–H and O–H groups in total. The Kier molecular flexibility index (Phi) is 13.7. The van der Waals surface area contributed by atoms with E-state index in [1.54, 1.807) is 50.6 Å². The number of fused-ring (bicyclic) bond motifs is 1. The number of aryl methyl sites for hydroxylation is 1. The Hall–Kier alpha value is -6.86. The van der Waals surface area contributed by atoms with E-state index in [0.717, 1.165) is 73.4 Å². The van der Waals surface area contributed by atoms with Crippen molar-refractivity contribution in [2.45, 2.75) is 50.9 Å². The Morgan fingerprint density at radius 2 is 1.40 bits per heavy atom. The quantitative estimate of drug-likeness (QED) is 0.0589. The van der Waals surface area contributed by atoms with Gasteiger partial charge in [-0.25, -0.2) is 9.59 Å². The predicted octanol–water partition coefficient (Wildman–Crippen LogP) is 11.8. The van der Waals surface area contributed by atoms with Crippen LogP contribution in [0.15, 0.2) is 121 Å². The van der Waals surface area contributed by atoms with Crippen LogP contribution < -0.4 is 9.47 Å². The van der Waals surface area contributed by atoms with Crippen molar-refractivity contribution >= 4 is 28.8 Å². The number of aromatic hydroxyl groups is 1. The highest BCUT2D eigenvalue weighted by molar-refractivity contribution is 5.93. The van der Waals surface area contributed by atoms with Gasteiger partial charge in [0.2, 0.25) is 0 Å². The van der Waals surface area contributed by atoms with Crippen molar-refractivity contribution < 1.29 is 43.9 Å². The summed E-state index contributed by atoms with van der Waals surface area (Å²) in [5.41, 5.74) is 8.42. The van der Waals surface area contributed by atoms with Crippen molar-refractivity contribution in [1.29, 1.82) is 0 Å². The molecule has 9 nitrogen and oxygen atoms in total. The zero-order valence-corrected chi connectivity index (χ0v) is 37.0. The van der Waals surface area contributed by atoms with Crippen LogP contribution in [-0.4, -0.2) is 61.5 Å². The van der Waals surface area contributed by atoms with Crippen molar-refractivity contribution in [3.05, 3.63) is 155 Å². The van der Waals surface area contributed by atoms with Crippen LogP contribution >= 0.6 is 0 Å². The third-order valence-electron chi connectivity index (χ3n) is 13.2. The summed E-state index contributed by atoms with van der Waals surface area (Å²) in [5, 5.41) is 30.6. The lowest BCUT2D eigenvalue weighted by Gasteiger charge is -2.57. The molecule has 4 saturated carbocycles. The minimum atomic E-state index is -1.14. The van der Waals surface area contributed by atoms with Gasteiger partial charge in [0, 0.05) is 23.8 Å². The first-order valence-electron chi connectivity index (χ1n) is 22.1. The van der Waals surface area contributed by atoms with Gasteiger partial charge in [-0.15, -0.1) is 0 Å². The van der Waals surface area contributed by atoms with E-state index in [2.05, 4.69) is 67.3 Å². The minimum absolute atomic E-state index is 0.0943. The standard InChI is InChI=1S/C31H34O6.C25H20O3/c1-35-6-7-36-18-37-29-14-24-3-2-22(23-4-5-26(30(33)34)28(32)13-23)11-25(24)12-27(29)31-15-19-8-20(16-31)10-21(9-19)17-31;1-18-10-14-21(15-11-18)24-20(8-5-9-23(24)28-2)7-4-3-6-19-12-16-22(17-13-19)25(26)27/h2-5,11-14,19-21,32H,6-10,15-18H2,1H3,(H,33,34);4-5,7-17H,1-2H3,(H,26,27). The molecule has 0 atom stereocenters. The first kappa shape index (κ1) is 44.7. The van der Waals surface area contributed by atoms with Gasteiger partial charge in [-0.1, -0.05) is 72.0 Å². The molecule has 332 valence electrons. The molecule has 65 heavy (non-hydrogen) atoms. The number of ether oxygens (including phenoxy) is 4. The highest BCUT2D eigenvalue weighted by atomic mass is 16.7. The van der Waals surface area contributed by atoms with Crippen LogP contribution in [0.5, 0.6) is 17.2 Å². The summed E-state index contributed by atoms with van der Waals surface area (Å²) in [6, 6.07) is 36.2. The second kappa shape index (κ2) is 19.9. The SMILES string of the molecule is COCCOCOc1cc2ccc(-c3ccc(C(=O)O)c(O)c3)cc2cc1C12CC3CC(CC(C3)C1)C2.COc1cccc(C=CC#Cc2ccc(C(=O)O)cc2)c1-c1ccc(C)cc1. The van der Waals surface area contributed by atoms with E-state index in [0.29, 0.717) is 13.2 Å². The fraction of sp³-hybridized carbons (Fsp3) is 0.286. The van der Waals surface area contributed by atoms with E-state index in [1.807, 2.05) is 30.3 Å². The topological polar surface area (TPSA) is 132 Å². The van der Waals surface area contributed by atoms with Crippen LogP contribution in [0.1, 0.15) is 81.5 Å². The fourth-order valence-electron chi connectivity index (χ4n) is 10.5. The van der Waals surface area contributed by atoms with E-state index in [1.165, 1.54) is 61.8 Å². The summed E-state index contributed by atoms with van der Waals surface area (Å²) in [6.07, 6.45) is 11.6. The molecule has 4 fully saturated rings. The maximum atomic E-state index is 11.3. The molecule has 4 aliphatic rings. The molecule has 9 heteroatoms. The van der Waals surface area contributed by atoms with E-state index in [-0.39, 0.29) is 29.1 Å². The van der Waals surface area contributed by atoms with Crippen molar-refractivity contribution in [2.75, 3.05) is 34.2 Å². The Labute approximate surface area is 380 Å². The van der Waals surface area contributed by atoms with Gasteiger partial charge in [0.25, 0.3) is 0 Å². The maximum absolute atomic E-state index is 11.3. The summed E-state index contributed by atoms with van der Waals surface area (Å²) < 4.78 is 22.6. The van der Waals surface area contributed by atoms with Crippen molar-refractivity contribution in [3.8, 4) is 51.3 Å². The number of allylic oxidation sites excluding steroid dienone is 1. The van der Waals surface area contributed by atoms with Crippen molar-refractivity contribution in [2.24, 2.45) is 17.8 Å². The maximum Gasteiger partial charge on any atom is 0.339 e. The molecule has 0 spiro atoms. The van der Waals surface area contributed by atoms with E-state index in [4.69, 9.17) is 24.1 Å². The van der Waals surface area contributed by atoms with Gasteiger partial charge in [0.1, 0.15) is 22.8 Å². The average molecular weight is 871 g/mol. The molecule has 0 aromatic heterocycles. The Bertz CT molecular complexity index is 2740. The predicted molar refractivity (Wildman–Crippen MR) is 254 cm³/mol. The second-order valence-electron chi connectivity index (χ2n) is 17.6. The van der Waals surface area contributed by atoms with Gasteiger partial charge < -0.3 is 34.3 Å². The fourth-order valence-corrected chi connectivity index (χ4v) is 10.5. The third kappa shape index (κ3) is 10.3. The summed E-state index contributed by atoms with van der Waals surface area (Å²) >= 11 is 0. The Morgan fingerprint density at radius 1 is 0.723 bits per heavy atom. The first-order valence-corrected chi connectivity index (χ1v) is 22.1. The van der Waals surface area contributed by atoms with Crippen LogP contribution in [0.25, 0.3) is 39.1 Å². The third-order valence-corrected chi connectivity index (χ3v) is 13.2. The van der Waals surface area contributed by atoms with E-state index < -0.39 is 11.9 Å². The number of hydrogen-bond acceptors (Lipinski definition) is 7. The monoisotopic (exact) mass is 870 g/mol. The van der Waals surface area contributed by atoms with Crippen LogP contribution in [0.2, 0.25) is 0 Å². The summed E-state index contributed by atoms with van der Waals surface area (Å²) in [4.78, 5) is 22.2. The largest absolute Gasteiger partial charge is 0.507 e. The lowest BCUT2D eigenvalue weighted by Crippen LogP contribution is -2.48. The number of phenols is 1. The smallest absolute Gasteiger partial charge is 0.339 e. The number of rotatable bonds is 13. The zero-order valence-electron chi connectivity index (χ0n) is 37.0. The van der Waals surface area contributed by atoms with Gasteiger partial charge >= 0.3 is 11.9 Å². The van der Waals surface area contributed by atoms with Crippen LogP contribution in [0.4, 0.5) is 0 Å². The highest BCUT2D eigenvalue weighted by Crippen LogP contribution is 2.62. The van der Waals surface area contributed by atoms with Crippen LogP contribution in [0.3, 0.4) is 0 Å². The number of carboxylic acid groups (broad SMARTS) is 2. The molecule has 4 bridgehead atoms. The Balaban J connectivity index is 0.000000185. The number of hydrogen-bond donors (Lipinski definition) is 3. The Morgan fingerprint density at radius 3 is 2.05 bits per heavy atom. The van der Waals surface area contributed by atoms with Crippen molar-refractivity contribution in [1.82, 2.24) is 0 Å². The molecular formula is C56H54O9. The molecule has 0 saturated heterocycles. The highest BCUT2D eigenvalue weighted by Gasteiger charge is 2.52. The molecule has 10 rings (SSSR count). The molecule has 6 aromatic rings. The molecule has 0 heterocycles. The van der Waals surface area contributed by atoms with Gasteiger partial charge in [-0.2, -0.15) is 0 Å². The number of carbonyl (C=O) groups is 2. The molecule has 0 amide bonds. The molecule has 0 aliphatic heterocycles. The molecular weight excluding hydrogens is 817 g/mol. The number of benzene rings is 6. The van der Waals surface area contributed by atoms with Crippen LogP contribution in [0, 0.1) is 36.5 Å². The van der Waals surface area contributed by atoms with Gasteiger partial charge in [0.15, 0.2) is 6.79 Å². The van der Waals surface area contributed by atoms with Gasteiger partial charge in [-0.3, -0.25) is 0 Å². The lowest BCUT2D eigenvalue weighted by molar-refractivity contribution is -0.0188.